The molecule has 106 valence electrons. The van der Waals surface area contributed by atoms with E-state index in [9.17, 15) is 10.5 Å². The average Bonchev–Trinajstić information content (AvgIpc) is 2.56. The van der Waals surface area contributed by atoms with Crippen molar-refractivity contribution in [1.82, 2.24) is 0 Å². The lowest BCUT2D eigenvalue weighted by atomic mass is 10.1. The lowest BCUT2D eigenvalue weighted by Gasteiger charge is -2.08. The van der Waals surface area contributed by atoms with E-state index >= 15 is 0 Å². The molecule has 0 saturated heterocycles. The highest BCUT2D eigenvalue weighted by molar-refractivity contribution is 8.00. The molecule has 0 saturated carbocycles. The van der Waals surface area contributed by atoms with Gasteiger partial charge in [0.25, 0.3) is 0 Å². The topological polar surface area (TPSA) is 48.4 Å². The maximum absolute atomic E-state index is 10.4. The molecule has 21 heavy (non-hydrogen) atoms. The molecule has 2 rings (SSSR count). The second-order valence-corrected chi connectivity index (χ2v) is 5.80. The fraction of sp³-hybridized carbons (Fsp3) is 0.176. The maximum Gasteiger partial charge on any atom is 0.416 e. The number of hydrogen-bond acceptors (Lipinski definition) is 3. The molecule has 0 bridgehead atoms. The molecule has 1 atom stereocenters. The van der Waals surface area contributed by atoms with E-state index in [2.05, 4.69) is 4.98 Å². The highest BCUT2D eigenvalue weighted by Gasteiger charge is 2.30. The fourth-order valence-electron chi connectivity index (χ4n) is 2.00. The number of diazo groups is 1. The van der Waals surface area contributed by atoms with Gasteiger partial charge in [0.2, 0.25) is 11.2 Å². The standard InChI is InChI=1S/C17H16N2OS/c1-2-15(21-14-11-7-4-8-12-14)16(19-18)17(20)13-9-5-3-6-10-13/h3-12,15H,2H2,1H3/p+1/b17-16+. The molecule has 4 heteroatoms. The van der Waals surface area contributed by atoms with E-state index in [1.165, 1.54) is 0 Å². The molecule has 1 N–H and O–H groups in total. The van der Waals surface area contributed by atoms with Crippen LogP contribution in [0.5, 0.6) is 0 Å². The molecule has 0 heterocycles. The Morgan fingerprint density at radius 2 is 1.67 bits per heavy atom. The SMILES string of the molecule is CCC(Sc1ccccc1)/C([N+]#N)=C(\O)c1ccccc1. The van der Waals surface area contributed by atoms with Crippen molar-refractivity contribution in [2.75, 3.05) is 0 Å². The number of aliphatic hydroxyl groups excluding tert-OH is 1. The molecule has 2 aromatic carbocycles. The van der Waals surface area contributed by atoms with Gasteiger partial charge in [0.15, 0.2) is 4.98 Å². The van der Waals surface area contributed by atoms with E-state index in [1.54, 1.807) is 23.9 Å². The number of nitrogens with zero attached hydrogens (tertiary/aromatic N) is 2. The van der Waals surface area contributed by atoms with Crippen molar-refractivity contribution in [3.05, 3.63) is 76.9 Å². The summed E-state index contributed by atoms with van der Waals surface area (Å²) >= 11 is 1.57. The van der Waals surface area contributed by atoms with Gasteiger partial charge in [-0.05, 0) is 18.6 Å². The molecule has 2 aromatic rings. The first-order chi connectivity index (χ1) is 10.3. The van der Waals surface area contributed by atoms with Crippen LogP contribution in [-0.2, 0) is 0 Å². The minimum Gasteiger partial charge on any atom is -0.501 e. The maximum atomic E-state index is 10.4. The van der Waals surface area contributed by atoms with E-state index in [0.29, 0.717) is 11.3 Å². The summed E-state index contributed by atoms with van der Waals surface area (Å²) in [6, 6.07) is 19.0. The third kappa shape index (κ3) is 3.87. The largest absolute Gasteiger partial charge is 0.501 e. The molecular formula is C17H17N2OS+. The summed E-state index contributed by atoms with van der Waals surface area (Å²) in [5.41, 5.74) is 0.954. The second kappa shape index (κ2) is 7.51. The van der Waals surface area contributed by atoms with Crippen molar-refractivity contribution in [2.45, 2.75) is 23.5 Å². The van der Waals surface area contributed by atoms with Gasteiger partial charge < -0.3 is 5.11 Å². The van der Waals surface area contributed by atoms with Gasteiger partial charge in [0.05, 0.1) is 0 Å². The smallest absolute Gasteiger partial charge is 0.416 e. The summed E-state index contributed by atoms with van der Waals surface area (Å²) in [4.78, 5) is 4.42. The van der Waals surface area contributed by atoms with Gasteiger partial charge in [-0.15, -0.1) is 11.8 Å². The van der Waals surface area contributed by atoms with Crippen LogP contribution in [0.4, 0.5) is 0 Å². The Bertz CT molecular complexity index is 647. The van der Waals surface area contributed by atoms with E-state index < -0.39 is 0 Å². The predicted octanol–water partition coefficient (Wildman–Crippen LogP) is 5.34. The molecule has 0 aliphatic heterocycles. The van der Waals surface area contributed by atoms with E-state index in [1.807, 2.05) is 55.5 Å². The van der Waals surface area contributed by atoms with Gasteiger partial charge in [-0.1, -0.05) is 55.5 Å². The van der Waals surface area contributed by atoms with E-state index in [4.69, 9.17) is 0 Å². The molecule has 0 aromatic heterocycles. The predicted molar refractivity (Wildman–Crippen MR) is 87.5 cm³/mol. The number of rotatable bonds is 5. The third-order valence-electron chi connectivity index (χ3n) is 3.09. The zero-order chi connectivity index (χ0) is 15.1. The Balaban J connectivity index is 2.32. The van der Waals surface area contributed by atoms with Gasteiger partial charge in [0, 0.05) is 10.5 Å². The first-order valence-corrected chi connectivity index (χ1v) is 7.69. The first kappa shape index (κ1) is 15.1. The average molecular weight is 297 g/mol. The van der Waals surface area contributed by atoms with E-state index in [0.717, 1.165) is 11.3 Å². The van der Waals surface area contributed by atoms with Gasteiger partial charge in [-0.25, -0.2) is 0 Å². The van der Waals surface area contributed by atoms with Crippen LogP contribution in [0.1, 0.15) is 18.9 Å². The van der Waals surface area contributed by atoms with Gasteiger partial charge in [-0.3, -0.25) is 0 Å². The normalized spacial score (nSPS) is 13.1. The van der Waals surface area contributed by atoms with Gasteiger partial charge >= 0.3 is 5.70 Å². The fourth-order valence-corrected chi connectivity index (χ4v) is 3.08. The summed E-state index contributed by atoms with van der Waals surface area (Å²) in [5.74, 6) is 0.0216. The molecular weight excluding hydrogens is 280 g/mol. The quantitative estimate of drug-likeness (QED) is 0.460. The Kier molecular flexibility index (Phi) is 5.42. The summed E-state index contributed by atoms with van der Waals surface area (Å²) in [5, 5.41) is 19.6. The zero-order valence-electron chi connectivity index (χ0n) is 11.8. The van der Waals surface area contributed by atoms with Crippen LogP contribution < -0.4 is 0 Å². The molecule has 0 aliphatic rings. The van der Waals surface area contributed by atoms with Crippen molar-refractivity contribution >= 4 is 17.5 Å². The Labute approximate surface area is 129 Å². The highest BCUT2D eigenvalue weighted by Crippen LogP contribution is 2.33. The first-order valence-electron chi connectivity index (χ1n) is 6.81. The summed E-state index contributed by atoms with van der Waals surface area (Å²) in [7, 11) is 0. The van der Waals surface area contributed by atoms with Crippen LogP contribution in [0.3, 0.4) is 0 Å². The van der Waals surface area contributed by atoms with Gasteiger partial charge in [0.1, 0.15) is 5.25 Å². The highest BCUT2D eigenvalue weighted by atomic mass is 32.2. The Morgan fingerprint density at radius 3 is 2.19 bits per heavy atom. The van der Waals surface area contributed by atoms with Crippen LogP contribution in [-0.4, -0.2) is 10.4 Å². The van der Waals surface area contributed by atoms with Gasteiger partial charge in [-0.2, -0.15) is 0 Å². The minimum atomic E-state index is -0.113. The van der Waals surface area contributed by atoms with Crippen molar-refractivity contribution in [3.63, 3.8) is 0 Å². The number of benzene rings is 2. The molecule has 1 unspecified atom stereocenters. The van der Waals surface area contributed by atoms with Crippen molar-refractivity contribution in [3.8, 4) is 0 Å². The number of hydrogen-bond donors (Lipinski definition) is 1. The van der Waals surface area contributed by atoms with Crippen molar-refractivity contribution in [1.29, 1.82) is 5.39 Å². The van der Waals surface area contributed by atoms with Crippen LogP contribution in [0.15, 0.2) is 71.3 Å². The number of aliphatic hydroxyl groups is 1. The molecule has 0 fully saturated rings. The Morgan fingerprint density at radius 1 is 1.10 bits per heavy atom. The lowest BCUT2D eigenvalue weighted by molar-refractivity contribution is 0.505. The molecule has 0 amide bonds. The number of thioether (sulfide) groups is 1. The zero-order valence-corrected chi connectivity index (χ0v) is 12.6. The molecule has 0 spiro atoms. The summed E-state index contributed by atoms with van der Waals surface area (Å²) in [6.45, 7) is 2.00. The summed E-state index contributed by atoms with van der Waals surface area (Å²) in [6.07, 6.45) is 0.746. The Hall–Kier alpha value is -2.25. The van der Waals surface area contributed by atoms with Crippen LogP contribution in [0.25, 0.3) is 10.7 Å². The van der Waals surface area contributed by atoms with Crippen LogP contribution >= 0.6 is 11.8 Å². The third-order valence-corrected chi connectivity index (χ3v) is 4.48. The molecule has 0 aliphatic carbocycles. The molecule has 0 radical (unpaired) electrons. The minimum absolute atomic E-state index is 0.0216. The van der Waals surface area contributed by atoms with Crippen molar-refractivity contribution < 1.29 is 5.11 Å². The second-order valence-electron chi connectivity index (χ2n) is 4.53. The van der Waals surface area contributed by atoms with Crippen LogP contribution in [0.2, 0.25) is 0 Å². The summed E-state index contributed by atoms with van der Waals surface area (Å²) < 4.78 is 0. The van der Waals surface area contributed by atoms with Crippen molar-refractivity contribution in [2.24, 2.45) is 0 Å². The molecule has 3 nitrogen and oxygen atoms in total. The van der Waals surface area contributed by atoms with Crippen LogP contribution in [0, 0.1) is 5.39 Å². The van der Waals surface area contributed by atoms with E-state index in [-0.39, 0.29) is 11.0 Å². The lowest BCUT2D eigenvalue weighted by Crippen LogP contribution is -2.05. The monoisotopic (exact) mass is 297 g/mol.